The summed E-state index contributed by atoms with van der Waals surface area (Å²) in [5, 5.41) is 2.94. The second kappa shape index (κ2) is 11.2. The molecule has 0 aliphatic rings. The van der Waals surface area contributed by atoms with Gasteiger partial charge in [0.2, 0.25) is 5.75 Å². The van der Waals surface area contributed by atoms with Crippen LogP contribution in [0.1, 0.15) is 56.5 Å². The van der Waals surface area contributed by atoms with Crippen molar-refractivity contribution in [2.75, 3.05) is 25.1 Å². The highest BCUT2D eigenvalue weighted by Crippen LogP contribution is 2.39. The molecule has 0 saturated carbocycles. The highest BCUT2D eigenvalue weighted by Gasteiger charge is 2.18. The Labute approximate surface area is 168 Å². The molecule has 5 nitrogen and oxygen atoms in total. The Kier molecular flexibility index (Phi) is 8.66. The first-order valence-electron chi connectivity index (χ1n) is 10.1. The number of anilines is 1. The van der Waals surface area contributed by atoms with Gasteiger partial charge in [0, 0.05) is 11.3 Å². The molecule has 0 spiro atoms. The van der Waals surface area contributed by atoms with Gasteiger partial charge in [-0.3, -0.25) is 4.79 Å². The fourth-order valence-corrected chi connectivity index (χ4v) is 2.86. The van der Waals surface area contributed by atoms with E-state index in [1.807, 2.05) is 32.9 Å². The number of carbonyl (C=O) groups excluding carboxylic acids is 1. The molecule has 5 heteroatoms. The monoisotopic (exact) mass is 385 g/mol. The third-order valence-corrected chi connectivity index (χ3v) is 4.20. The van der Waals surface area contributed by atoms with Crippen LogP contribution in [0.4, 0.5) is 5.69 Å². The van der Waals surface area contributed by atoms with Crippen molar-refractivity contribution in [3.63, 3.8) is 0 Å². The summed E-state index contributed by atoms with van der Waals surface area (Å²) >= 11 is 0. The Morgan fingerprint density at radius 2 is 1.43 bits per heavy atom. The van der Waals surface area contributed by atoms with Gasteiger partial charge in [-0.05, 0) is 63.4 Å². The summed E-state index contributed by atoms with van der Waals surface area (Å²) in [7, 11) is 0. The molecule has 0 heterocycles. The van der Waals surface area contributed by atoms with E-state index in [2.05, 4.69) is 24.4 Å². The highest BCUT2D eigenvalue weighted by molar-refractivity contribution is 6.05. The second-order valence-electron chi connectivity index (χ2n) is 6.36. The molecule has 2 aromatic rings. The number of unbranched alkanes of at least 4 members (excludes halogenated alkanes) is 1. The van der Waals surface area contributed by atoms with Gasteiger partial charge < -0.3 is 19.5 Å². The van der Waals surface area contributed by atoms with Gasteiger partial charge in [0.25, 0.3) is 5.91 Å². The van der Waals surface area contributed by atoms with Crippen LogP contribution in [0.5, 0.6) is 17.2 Å². The lowest BCUT2D eigenvalue weighted by atomic mass is 10.1. The topological polar surface area (TPSA) is 56.8 Å². The number of benzene rings is 2. The predicted molar refractivity (Wildman–Crippen MR) is 113 cm³/mol. The standard InChI is InChI=1S/C23H31NO4/c1-5-9-10-17-11-13-19(14-12-17)24-23(25)18-15-20(26-6-2)22(28-8-4)21(16-18)27-7-3/h11-16H,5-10H2,1-4H3,(H,24,25). The summed E-state index contributed by atoms with van der Waals surface area (Å²) in [4.78, 5) is 12.8. The largest absolute Gasteiger partial charge is 0.490 e. The fraction of sp³-hybridized carbons (Fsp3) is 0.435. The third-order valence-electron chi connectivity index (χ3n) is 4.20. The summed E-state index contributed by atoms with van der Waals surface area (Å²) in [6.07, 6.45) is 3.39. The summed E-state index contributed by atoms with van der Waals surface area (Å²) in [5.74, 6) is 1.33. The lowest BCUT2D eigenvalue weighted by molar-refractivity contribution is 0.102. The van der Waals surface area contributed by atoms with Crippen molar-refractivity contribution >= 4 is 11.6 Å². The molecule has 0 saturated heterocycles. The number of nitrogens with one attached hydrogen (secondary N) is 1. The molecule has 1 amide bonds. The zero-order valence-electron chi connectivity index (χ0n) is 17.3. The maximum atomic E-state index is 12.8. The zero-order chi connectivity index (χ0) is 20.4. The SMILES string of the molecule is CCCCc1ccc(NC(=O)c2cc(OCC)c(OCC)c(OCC)c2)cc1. The zero-order valence-corrected chi connectivity index (χ0v) is 17.3. The van der Waals surface area contributed by atoms with E-state index in [9.17, 15) is 4.79 Å². The van der Waals surface area contributed by atoms with Crippen molar-refractivity contribution in [1.29, 1.82) is 0 Å². The molecule has 0 bridgehead atoms. The van der Waals surface area contributed by atoms with Gasteiger partial charge in [-0.15, -0.1) is 0 Å². The number of hydrogen-bond acceptors (Lipinski definition) is 4. The summed E-state index contributed by atoms with van der Waals surface area (Å²) in [6.45, 7) is 9.28. The molecule has 152 valence electrons. The van der Waals surface area contributed by atoms with Gasteiger partial charge >= 0.3 is 0 Å². The third kappa shape index (κ3) is 5.91. The maximum absolute atomic E-state index is 12.8. The molecular formula is C23H31NO4. The van der Waals surface area contributed by atoms with Crippen LogP contribution < -0.4 is 19.5 Å². The molecule has 2 rings (SSSR count). The molecule has 28 heavy (non-hydrogen) atoms. The summed E-state index contributed by atoms with van der Waals surface area (Å²) in [6, 6.07) is 11.4. The molecule has 2 aromatic carbocycles. The van der Waals surface area contributed by atoms with E-state index in [0.29, 0.717) is 42.6 Å². The molecule has 0 fully saturated rings. The number of aryl methyl sites for hydroxylation is 1. The summed E-state index contributed by atoms with van der Waals surface area (Å²) < 4.78 is 17.1. The number of hydrogen-bond donors (Lipinski definition) is 1. The van der Waals surface area contributed by atoms with E-state index in [1.54, 1.807) is 12.1 Å². The maximum Gasteiger partial charge on any atom is 0.255 e. The fourth-order valence-electron chi connectivity index (χ4n) is 2.86. The minimum atomic E-state index is -0.216. The number of carbonyl (C=O) groups is 1. The van der Waals surface area contributed by atoms with E-state index in [0.717, 1.165) is 18.5 Å². The Bertz CT molecular complexity index is 729. The second-order valence-corrected chi connectivity index (χ2v) is 6.36. The molecule has 1 N–H and O–H groups in total. The first-order chi connectivity index (χ1) is 13.6. The van der Waals surface area contributed by atoms with Gasteiger partial charge in [0.05, 0.1) is 19.8 Å². The van der Waals surface area contributed by atoms with Crippen molar-refractivity contribution in [2.24, 2.45) is 0 Å². The first kappa shape index (κ1) is 21.6. The van der Waals surface area contributed by atoms with Crippen LogP contribution in [-0.2, 0) is 6.42 Å². The molecule has 0 aliphatic heterocycles. The lowest BCUT2D eigenvalue weighted by Gasteiger charge is -2.17. The molecule has 0 radical (unpaired) electrons. The number of ether oxygens (including phenoxy) is 3. The molecule has 0 unspecified atom stereocenters. The van der Waals surface area contributed by atoms with Crippen molar-refractivity contribution in [2.45, 2.75) is 47.0 Å². The molecule has 0 aromatic heterocycles. The van der Waals surface area contributed by atoms with E-state index < -0.39 is 0 Å². The number of rotatable bonds is 11. The smallest absolute Gasteiger partial charge is 0.255 e. The minimum absolute atomic E-state index is 0.216. The normalized spacial score (nSPS) is 10.4. The average molecular weight is 386 g/mol. The van der Waals surface area contributed by atoms with Crippen LogP contribution >= 0.6 is 0 Å². The van der Waals surface area contributed by atoms with Gasteiger partial charge in [-0.1, -0.05) is 25.5 Å². The van der Waals surface area contributed by atoms with E-state index in [-0.39, 0.29) is 5.91 Å². The summed E-state index contributed by atoms with van der Waals surface area (Å²) in [5.41, 5.74) is 2.50. The quantitative estimate of drug-likeness (QED) is 0.557. The van der Waals surface area contributed by atoms with Crippen LogP contribution in [0, 0.1) is 0 Å². The first-order valence-corrected chi connectivity index (χ1v) is 10.1. The van der Waals surface area contributed by atoms with Gasteiger partial charge in [0.15, 0.2) is 11.5 Å². The molecular weight excluding hydrogens is 354 g/mol. The van der Waals surface area contributed by atoms with Gasteiger partial charge in [0.1, 0.15) is 0 Å². The predicted octanol–water partition coefficient (Wildman–Crippen LogP) is 5.48. The van der Waals surface area contributed by atoms with Gasteiger partial charge in [-0.2, -0.15) is 0 Å². The van der Waals surface area contributed by atoms with Crippen molar-refractivity contribution in [1.82, 2.24) is 0 Å². The Hall–Kier alpha value is -2.69. The minimum Gasteiger partial charge on any atom is -0.490 e. The van der Waals surface area contributed by atoms with E-state index in [4.69, 9.17) is 14.2 Å². The van der Waals surface area contributed by atoms with E-state index in [1.165, 1.54) is 12.0 Å². The lowest BCUT2D eigenvalue weighted by Crippen LogP contribution is -2.13. The molecule has 0 aliphatic carbocycles. The number of amides is 1. The van der Waals surface area contributed by atoms with Crippen molar-refractivity contribution < 1.29 is 19.0 Å². The highest BCUT2D eigenvalue weighted by atomic mass is 16.5. The Morgan fingerprint density at radius 3 is 1.93 bits per heavy atom. The van der Waals surface area contributed by atoms with Crippen LogP contribution in [0.15, 0.2) is 36.4 Å². The average Bonchev–Trinajstić information content (AvgIpc) is 2.70. The van der Waals surface area contributed by atoms with Gasteiger partial charge in [-0.25, -0.2) is 0 Å². The Balaban J connectivity index is 2.23. The van der Waals surface area contributed by atoms with Crippen LogP contribution in [0.25, 0.3) is 0 Å². The van der Waals surface area contributed by atoms with Crippen LogP contribution in [0.3, 0.4) is 0 Å². The Morgan fingerprint density at radius 1 is 0.857 bits per heavy atom. The van der Waals surface area contributed by atoms with Crippen LogP contribution in [0.2, 0.25) is 0 Å². The van der Waals surface area contributed by atoms with Crippen molar-refractivity contribution in [3.05, 3.63) is 47.5 Å². The van der Waals surface area contributed by atoms with Crippen LogP contribution in [-0.4, -0.2) is 25.7 Å². The van der Waals surface area contributed by atoms with Crippen molar-refractivity contribution in [3.8, 4) is 17.2 Å². The molecule has 0 atom stereocenters. The van der Waals surface area contributed by atoms with E-state index >= 15 is 0 Å².